The van der Waals surface area contributed by atoms with E-state index in [-0.39, 0.29) is 6.42 Å². The highest BCUT2D eigenvalue weighted by Crippen LogP contribution is 2.25. The number of carboxylic acids is 1. The highest BCUT2D eigenvalue weighted by Gasteiger charge is 2.20. The van der Waals surface area contributed by atoms with E-state index in [0.29, 0.717) is 18.9 Å². The van der Waals surface area contributed by atoms with Crippen LogP contribution in [-0.2, 0) is 16.2 Å². The van der Waals surface area contributed by atoms with Crippen LogP contribution >= 0.6 is 0 Å². The Bertz CT molecular complexity index is 465. The van der Waals surface area contributed by atoms with Gasteiger partial charge in [-0.15, -0.1) is 0 Å². The third-order valence-corrected chi connectivity index (χ3v) is 4.04. The molecule has 1 N–H and O–H groups in total. The van der Waals surface area contributed by atoms with Gasteiger partial charge in [0.25, 0.3) is 0 Å². The smallest absolute Gasteiger partial charge is 0.303 e. The molecule has 22 heavy (non-hydrogen) atoms. The highest BCUT2D eigenvalue weighted by atomic mass is 16.6. The fourth-order valence-electron chi connectivity index (χ4n) is 2.81. The van der Waals surface area contributed by atoms with Crippen LogP contribution in [0.1, 0.15) is 51.4 Å². The number of carbonyl (C=O) groups is 1. The molecule has 1 saturated carbocycles. The van der Waals surface area contributed by atoms with E-state index < -0.39 is 5.97 Å². The lowest BCUT2D eigenvalue weighted by atomic mass is 9.86. The largest absolute Gasteiger partial charge is 0.481 e. The summed E-state index contributed by atoms with van der Waals surface area (Å²) >= 11 is 0. The summed E-state index contributed by atoms with van der Waals surface area (Å²) in [7, 11) is 0. The van der Waals surface area contributed by atoms with E-state index in [2.05, 4.69) is 10.1 Å². The van der Waals surface area contributed by atoms with Crippen LogP contribution in [0.5, 0.6) is 0 Å². The first-order valence-electron chi connectivity index (χ1n) is 8.12. The van der Waals surface area contributed by atoms with Crippen LogP contribution in [0, 0.1) is 5.92 Å². The van der Waals surface area contributed by atoms with E-state index in [0.717, 1.165) is 18.7 Å². The van der Waals surface area contributed by atoms with Crippen molar-refractivity contribution in [1.29, 1.82) is 0 Å². The fraction of sp³-hybridized carbons (Fsp3) is 0.688. The molecule has 0 spiro atoms. The lowest BCUT2D eigenvalue weighted by Gasteiger charge is -2.23. The van der Waals surface area contributed by atoms with Gasteiger partial charge in [0.2, 0.25) is 0 Å². The first kappa shape index (κ1) is 16.5. The third-order valence-electron chi connectivity index (χ3n) is 4.04. The lowest BCUT2D eigenvalue weighted by Crippen LogP contribution is -2.23. The molecule has 1 heterocycles. The first-order chi connectivity index (χ1) is 10.8. The molecule has 2 rings (SSSR count). The van der Waals surface area contributed by atoms with Crippen molar-refractivity contribution in [3.05, 3.63) is 18.7 Å². The minimum Gasteiger partial charge on any atom is -0.481 e. The van der Waals surface area contributed by atoms with Crippen molar-refractivity contribution in [1.82, 2.24) is 9.55 Å². The minimum absolute atomic E-state index is 0.192. The molecule has 0 amide bonds. The monoisotopic (exact) mass is 307 g/mol. The van der Waals surface area contributed by atoms with Gasteiger partial charge in [-0.25, -0.2) is 4.98 Å². The number of aliphatic carboxylic acids is 1. The van der Waals surface area contributed by atoms with Gasteiger partial charge in [-0.05, 0) is 25.7 Å². The van der Waals surface area contributed by atoms with Crippen molar-refractivity contribution >= 4 is 11.7 Å². The van der Waals surface area contributed by atoms with Crippen LogP contribution in [-0.4, -0.2) is 32.9 Å². The maximum absolute atomic E-state index is 10.4. The molecule has 0 aliphatic heterocycles. The predicted molar refractivity (Wildman–Crippen MR) is 83.7 cm³/mol. The van der Waals surface area contributed by atoms with Crippen LogP contribution in [0.25, 0.3) is 0 Å². The number of aromatic nitrogens is 2. The molecular weight excluding hydrogens is 282 g/mol. The van der Waals surface area contributed by atoms with Gasteiger partial charge in [0.1, 0.15) is 6.61 Å². The number of nitrogens with zero attached hydrogens (tertiary/aromatic N) is 3. The van der Waals surface area contributed by atoms with E-state index in [1.165, 1.54) is 32.1 Å². The molecule has 1 aromatic rings. The second kappa shape index (κ2) is 9.23. The molecule has 6 nitrogen and oxygen atoms in total. The van der Waals surface area contributed by atoms with Gasteiger partial charge in [-0.2, -0.15) is 0 Å². The molecule has 1 aromatic heterocycles. The zero-order chi connectivity index (χ0) is 15.6. The van der Waals surface area contributed by atoms with Crippen molar-refractivity contribution in [3.63, 3.8) is 0 Å². The van der Waals surface area contributed by atoms with E-state index >= 15 is 0 Å². The summed E-state index contributed by atoms with van der Waals surface area (Å²) in [5.74, 6) is -0.262. The van der Waals surface area contributed by atoms with Crippen LogP contribution in [0.15, 0.2) is 23.9 Å². The Morgan fingerprint density at radius 1 is 1.32 bits per heavy atom. The van der Waals surface area contributed by atoms with E-state index in [4.69, 9.17) is 9.94 Å². The summed E-state index contributed by atoms with van der Waals surface area (Å²) in [6.07, 6.45) is 13.2. The van der Waals surface area contributed by atoms with Crippen LogP contribution < -0.4 is 0 Å². The van der Waals surface area contributed by atoms with Gasteiger partial charge in [0, 0.05) is 24.7 Å². The van der Waals surface area contributed by atoms with Crippen molar-refractivity contribution < 1.29 is 14.7 Å². The Labute approximate surface area is 131 Å². The quantitative estimate of drug-likeness (QED) is 0.432. The molecular formula is C16H25N3O3. The molecule has 0 atom stereocenters. The molecule has 122 valence electrons. The van der Waals surface area contributed by atoms with Crippen LogP contribution in [0.2, 0.25) is 0 Å². The summed E-state index contributed by atoms with van der Waals surface area (Å²) in [6, 6.07) is 0. The van der Waals surface area contributed by atoms with Crippen molar-refractivity contribution in [3.8, 4) is 0 Å². The van der Waals surface area contributed by atoms with E-state index in [1.807, 2.05) is 10.8 Å². The summed E-state index contributed by atoms with van der Waals surface area (Å²) in [5.41, 5.74) is 1.08. The van der Waals surface area contributed by atoms with Gasteiger partial charge in [-0.3, -0.25) is 4.79 Å². The first-order valence-corrected chi connectivity index (χ1v) is 8.12. The van der Waals surface area contributed by atoms with E-state index in [1.54, 1.807) is 12.5 Å². The second-order valence-corrected chi connectivity index (χ2v) is 5.84. The van der Waals surface area contributed by atoms with Crippen LogP contribution in [0.3, 0.4) is 0 Å². The maximum Gasteiger partial charge on any atom is 0.303 e. The molecule has 0 radical (unpaired) electrons. The summed E-state index contributed by atoms with van der Waals surface area (Å²) in [5, 5.41) is 13.0. The summed E-state index contributed by atoms with van der Waals surface area (Å²) in [6.45, 7) is 1.20. The zero-order valence-corrected chi connectivity index (χ0v) is 13.0. The van der Waals surface area contributed by atoms with E-state index in [9.17, 15) is 4.79 Å². The molecule has 0 unspecified atom stereocenters. The average Bonchev–Trinajstić information content (AvgIpc) is 3.03. The van der Waals surface area contributed by atoms with Crippen molar-refractivity contribution in [2.24, 2.45) is 11.1 Å². The van der Waals surface area contributed by atoms with Gasteiger partial charge in [0.05, 0.1) is 18.6 Å². The topological polar surface area (TPSA) is 76.7 Å². The average molecular weight is 307 g/mol. The standard InChI is InChI=1S/C16H25N3O3/c20-16(21)8-4-5-11-22-18-15(12-19-10-9-17-13-19)14-6-2-1-3-7-14/h9-10,13-14H,1-8,11-12H2,(H,20,21). The number of unbranched alkanes of at least 4 members (excludes halogenated alkanes) is 1. The predicted octanol–water partition coefficient (Wildman–Crippen LogP) is 3.09. The molecule has 0 bridgehead atoms. The Hall–Kier alpha value is -1.85. The number of hydrogen-bond donors (Lipinski definition) is 1. The molecule has 1 aliphatic rings. The molecule has 1 aliphatic carbocycles. The number of oxime groups is 1. The Balaban J connectivity index is 1.82. The Morgan fingerprint density at radius 2 is 2.14 bits per heavy atom. The zero-order valence-electron chi connectivity index (χ0n) is 13.0. The fourth-order valence-corrected chi connectivity index (χ4v) is 2.81. The molecule has 0 aromatic carbocycles. The SMILES string of the molecule is O=C(O)CCCCON=C(Cn1ccnc1)C1CCCCC1. The van der Waals surface area contributed by atoms with Gasteiger partial charge >= 0.3 is 5.97 Å². The number of hydrogen-bond acceptors (Lipinski definition) is 4. The Morgan fingerprint density at radius 3 is 2.82 bits per heavy atom. The maximum atomic E-state index is 10.4. The Kier molecular flexibility index (Phi) is 6.93. The molecule has 0 saturated heterocycles. The highest BCUT2D eigenvalue weighted by molar-refractivity contribution is 5.86. The number of rotatable bonds is 9. The normalized spacial score (nSPS) is 16.6. The minimum atomic E-state index is -0.758. The summed E-state index contributed by atoms with van der Waals surface area (Å²) in [4.78, 5) is 20.0. The number of imidazole rings is 1. The lowest BCUT2D eigenvalue weighted by molar-refractivity contribution is -0.137. The van der Waals surface area contributed by atoms with Gasteiger partial charge in [0.15, 0.2) is 0 Å². The van der Waals surface area contributed by atoms with Gasteiger partial charge in [-0.1, -0.05) is 24.4 Å². The van der Waals surface area contributed by atoms with Crippen LogP contribution in [0.4, 0.5) is 0 Å². The van der Waals surface area contributed by atoms with Crippen molar-refractivity contribution in [2.75, 3.05) is 6.61 Å². The third kappa shape index (κ3) is 5.87. The number of carboxylic acid groups (broad SMARTS) is 1. The molecule has 1 fully saturated rings. The second-order valence-electron chi connectivity index (χ2n) is 5.84. The molecule has 6 heteroatoms. The van der Waals surface area contributed by atoms with Crippen molar-refractivity contribution in [2.45, 2.75) is 57.9 Å². The summed E-state index contributed by atoms with van der Waals surface area (Å²) < 4.78 is 2.02. The van der Waals surface area contributed by atoms with Gasteiger partial charge < -0.3 is 14.5 Å².